The van der Waals surface area contributed by atoms with Crippen molar-refractivity contribution in [2.24, 2.45) is 0 Å². The molecule has 1 aliphatic rings. The molecule has 4 nitrogen and oxygen atoms in total. The Kier molecular flexibility index (Phi) is 6.27. The van der Waals surface area contributed by atoms with E-state index >= 15 is 0 Å². The van der Waals surface area contributed by atoms with E-state index < -0.39 is 0 Å². The average Bonchev–Trinajstić information content (AvgIpc) is 3.20. The number of carbonyl (C=O) groups is 1. The minimum atomic E-state index is 0.141. The van der Waals surface area contributed by atoms with Crippen molar-refractivity contribution in [3.63, 3.8) is 0 Å². The molecular weight excluding hydrogens is 378 g/mol. The molecule has 0 saturated carbocycles. The van der Waals surface area contributed by atoms with Gasteiger partial charge in [0.2, 0.25) is 5.91 Å². The lowest BCUT2D eigenvalue weighted by atomic mass is 9.96. The molecule has 0 fully saturated rings. The summed E-state index contributed by atoms with van der Waals surface area (Å²) < 4.78 is 0. The molecule has 1 amide bonds. The molecule has 5 heteroatoms. The van der Waals surface area contributed by atoms with Crippen LogP contribution < -0.4 is 0 Å². The lowest BCUT2D eigenvalue weighted by Crippen LogP contribution is -2.35. The molecule has 0 N–H and O–H groups in total. The summed E-state index contributed by atoms with van der Waals surface area (Å²) in [5, 5.41) is 1.08. The van der Waals surface area contributed by atoms with E-state index in [-0.39, 0.29) is 5.91 Å². The first-order chi connectivity index (χ1) is 13.7. The third-order valence-electron chi connectivity index (χ3n) is 5.78. The fourth-order valence-electron chi connectivity index (χ4n) is 3.74. The van der Waals surface area contributed by atoms with Gasteiger partial charge >= 0.3 is 0 Å². The molecule has 154 valence electrons. The molecule has 0 aliphatic carbocycles. The number of benzene rings is 1. The van der Waals surface area contributed by atoms with Gasteiger partial charge in [-0.1, -0.05) is 25.6 Å². The van der Waals surface area contributed by atoms with E-state index in [1.807, 2.05) is 23.8 Å². The molecular formula is C24H31N3OS. The summed E-state index contributed by atoms with van der Waals surface area (Å²) in [7, 11) is 1.99. The van der Waals surface area contributed by atoms with Crippen LogP contribution in [-0.4, -0.2) is 34.3 Å². The van der Waals surface area contributed by atoms with Crippen molar-refractivity contribution < 1.29 is 4.79 Å². The zero-order valence-electron chi connectivity index (χ0n) is 18.4. The van der Waals surface area contributed by atoms with Gasteiger partial charge in [-0.25, -0.2) is 4.98 Å². The zero-order valence-corrected chi connectivity index (χ0v) is 19.2. The highest BCUT2D eigenvalue weighted by Crippen LogP contribution is 2.28. The van der Waals surface area contributed by atoms with Gasteiger partial charge in [0.05, 0.1) is 30.3 Å². The minimum absolute atomic E-state index is 0.141. The van der Waals surface area contributed by atoms with Crippen molar-refractivity contribution in [2.75, 3.05) is 13.6 Å². The van der Waals surface area contributed by atoms with Crippen molar-refractivity contribution in [1.29, 1.82) is 0 Å². The Morgan fingerprint density at radius 3 is 2.48 bits per heavy atom. The highest BCUT2D eigenvalue weighted by atomic mass is 32.1. The fraction of sp³-hybridized carbons (Fsp3) is 0.417. The summed E-state index contributed by atoms with van der Waals surface area (Å²) in [4.78, 5) is 22.5. The van der Waals surface area contributed by atoms with Gasteiger partial charge in [0.1, 0.15) is 0 Å². The van der Waals surface area contributed by atoms with Gasteiger partial charge in [0.25, 0.3) is 0 Å². The lowest BCUT2D eigenvalue weighted by Gasteiger charge is -2.25. The van der Waals surface area contributed by atoms with Gasteiger partial charge in [0.15, 0.2) is 0 Å². The molecule has 0 atom stereocenters. The second-order valence-corrected chi connectivity index (χ2v) is 9.25. The van der Waals surface area contributed by atoms with Crippen molar-refractivity contribution >= 4 is 22.8 Å². The van der Waals surface area contributed by atoms with Crippen molar-refractivity contribution in [1.82, 2.24) is 14.8 Å². The zero-order chi connectivity index (χ0) is 21.3. The number of carbonyl (C=O) groups excluding carboxylic acids is 1. The highest BCUT2D eigenvalue weighted by Gasteiger charge is 2.27. The Morgan fingerprint density at radius 1 is 1.24 bits per heavy atom. The number of fused-ring (bicyclic) bond motifs is 1. The van der Waals surface area contributed by atoms with Crippen LogP contribution in [0.4, 0.5) is 0 Å². The highest BCUT2D eigenvalue weighted by molar-refractivity contribution is 7.11. The SMILES string of the molecule is C=C(/C=C(/CC)N(C)CC(=O)N1Cc2nc(C)sc2C1)c1cc(C)c(C)c(C)c1. The van der Waals surface area contributed by atoms with E-state index in [0.29, 0.717) is 19.6 Å². The van der Waals surface area contributed by atoms with Gasteiger partial charge in [-0.3, -0.25) is 4.79 Å². The Balaban J connectivity index is 1.68. The number of amides is 1. The van der Waals surface area contributed by atoms with E-state index in [2.05, 4.69) is 57.5 Å². The number of thiazole rings is 1. The summed E-state index contributed by atoms with van der Waals surface area (Å²) in [6.07, 6.45) is 2.96. The summed E-state index contributed by atoms with van der Waals surface area (Å²) in [6, 6.07) is 4.38. The van der Waals surface area contributed by atoms with Crippen molar-refractivity contribution in [3.05, 3.63) is 68.3 Å². The van der Waals surface area contributed by atoms with Crippen molar-refractivity contribution in [3.8, 4) is 0 Å². The first-order valence-electron chi connectivity index (χ1n) is 10.1. The van der Waals surface area contributed by atoms with E-state index in [9.17, 15) is 4.79 Å². The molecule has 2 heterocycles. The van der Waals surface area contributed by atoms with Crippen LogP contribution in [0.5, 0.6) is 0 Å². The van der Waals surface area contributed by atoms with E-state index in [1.165, 1.54) is 21.6 Å². The fourth-order valence-corrected chi connectivity index (χ4v) is 4.70. The number of aryl methyl sites for hydroxylation is 3. The molecule has 1 aromatic carbocycles. The Bertz CT molecular complexity index is 940. The van der Waals surface area contributed by atoms with Crippen LogP contribution in [0, 0.1) is 27.7 Å². The van der Waals surface area contributed by atoms with Crippen LogP contribution >= 0.6 is 11.3 Å². The molecule has 1 aromatic heterocycles. The smallest absolute Gasteiger partial charge is 0.242 e. The summed E-state index contributed by atoms with van der Waals surface area (Å²) in [5.41, 5.74) is 8.18. The second kappa shape index (κ2) is 8.54. The third kappa shape index (κ3) is 4.61. The van der Waals surface area contributed by atoms with Gasteiger partial charge in [-0.15, -0.1) is 11.3 Å². The van der Waals surface area contributed by atoms with E-state index in [1.54, 1.807) is 11.3 Å². The Labute approximate surface area is 178 Å². The molecule has 0 bridgehead atoms. The van der Waals surface area contributed by atoms with E-state index in [0.717, 1.165) is 34.0 Å². The number of hydrogen-bond donors (Lipinski definition) is 0. The molecule has 0 spiro atoms. The number of aromatic nitrogens is 1. The maximum Gasteiger partial charge on any atom is 0.242 e. The molecule has 0 radical (unpaired) electrons. The summed E-state index contributed by atoms with van der Waals surface area (Å²) >= 11 is 1.70. The number of nitrogens with zero attached hydrogens (tertiary/aromatic N) is 3. The maximum absolute atomic E-state index is 12.8. The standard InChI is InChI=1S/C24H31N3OS/c1-8-21(11-17(4)20-9-15(2)18(5)16(3)10-20)26(7)14-24(28)27-12-22-23(13-27)29-19(6)25-22/h9-11H,4,8,12-14H2,1-3,5-7H3/b21-11-. The first kappa shape index (κ1) is 21.3. The molecule has 29 heavy (non-hydrogen) atoms. The Morgan fingerprint density at radius 2 is 1.90 bits per heavy atom. The van der Waals surface area contributed by atoms with Gasteiger partial charge in [-0.2, -0.15) is 0 Å². The molecule has 0 unspecified atom stereocenters. The lowest BCUT2D eigenvalue weighted by molar-refractivity contribution is -0.132. The Hall–Kier alpha value is -2.40. The van der Waals surface area contributed by atoms with Crippen LogP contribution in [0.3, 0.4) is 0 Å². The summed E-state index contributed by atoms with van der Waals surface area (Å²) in [6.45, 7) is 16.5. The number of rotatable bonds is 6. The maximum atomic E-state index is 12.8. The van der Waals surface area contributed by atoms with Gasteiger partial charge in [0, 0.05) is 17.6 Å². The van der Waals surface area contributed by atoms with Gasteiger partial charge in [-0.05, 0) is 68.0 Å². The molecule has 1 aliphatic heterocycles. The first-order valence-corrected chi connectivity index (χ1v) is 10.9. The number of hydrogen-bond acceptors (Lipinski definition) is 4. The topological polar surface area (TPSA) is 36.4 Å². The van der Waals surface area contributed by atoms with Crippen LogP contribution in [0.25, 0.3) is 5.57 Å². The third-order valence-corrected chi connectivity index (χ3v) is 6.77. The quantitative estimate of drug-likeness (QED) is 0.619. The van der Waals surface area contributed by atoms with E-state index in [4.69, 9.17) is 0 Å². The second-order valence-electron chi connectivity index (χ2n) is 7.96. The largest absolute Gasteiger partial charge is 0.369 e. The van der Waals surface area contributed by atoms with Gasteiger partial charge < -0.3 is 9.80 Å². The van der Waals surface area contributed by atoms with Crippen LogP contribution in [0.15, 0.2) is 30.5 Å². The van der Waals surface area contributed by atoms with Crippen LogP contribution in [-0.2, 0) is 17.9 Å². The summed E-state index contributed by atoms with van der Waals surface area (Å²) in [5.74, 6) is 0.141. The molecule has 2 aromatic rings. The van der Waals surface area contributed by atoms with Crippen LogP contribution in [0.2, 0.25) is 0 Å². The normalized spacial score (nSPS) is 13.6. The predicted octanol–water partition coefficient (Wildman–Crippen LogP) is 5.16. The minimum Gasteiger partial charge on any atom is -0.369 e. The monoisotopic (exact) mass is 409 g/mol. The average molecular weight is 410 g/mol. The molecule has 0 saturated heterocycles. The van der Waals surface area contributed by atoms with Crippen molar-refractivity contribution in [2.45, 2.75) is 54.1 Å². The number of allylic oxidation sites excluding steroid dienone is 3. The van der Waals surface area contributed by atoms with Crippen LogP contribution in [0.1, 0.15) is 51.2 Å². The molecule has 3 rings (SSSR count). The number of likely N-dealkylation sites (N-methyl/N-ethyl adjacent to an activating group) is 1. The predicted molar refractivity (Wildman–Crippen MR) is 122 cm³/mol.